The third-order valence-electron chi connectivity index (χ3n) is 3.22. The number of carbonyl (C=O) groups excluding carboxylic acids is 1. The van der Waals surface area contributed by atoms with Gasteiger partial charge in [0, 0.05) is 10.7 Å². The fourth-order valence-electron chi connectivity index (χ4n) is 2.14. The Morgan fingerprint density at radius 3 is 2.43 bits per heavy atom. The number of thiophene rings is 1. The fourth-order valence-corrected chi connectivity index (χ4v) is 3.89. The molecule has 1 aromatic carbocycles. The van der Waals surface area contributed by atoms with Crippen LogP contribution in [0.25, 0.3) is 0 Å². The zero-order valence-electron chi connectivity index (χ0n) is 11.6. The normalized spacial score (nSPS) is 10.7. The molecule has 0 atom stereocenters. The van der Waals surface area contributed by atoms with Crippen molar-refractivity contribution in [2.24, 2.45) is 0 Å². The Labute approximate surface area is 143 Å². The number of nitrogens with one attached hydrogen (secondary N) is 1. The molecule has 0 unspecified atom stereocenters. The molecule has 1 N–H and O–H groups in total. The zero-order valence-corrected chi connectivity index (χ0v) is 14.7. The van der Waals surface area contributed by atoms with Gasteiger partial charge in [-0.2, -0.15) is 0 Å². The highest BCUT2D eigenvalue weighted by atomic mass is 35.5. The number of anilines is 1. The minimum Gasteiger partial charge on any atom is -0.321 e. The number of hydrogen-bond donors (Lipinski definition) is 1. The molecule has 0 radical (unpaired) electrons. The van der Waals surface area contributed by atoms with E-state index >= 15 is 0 Å². The van der Waals surface area contributed by atoms with Crippen LogP contribution in [0.3, 0.4) is 0 Å². The monoisotopic (exact) mass is 361 g/mol. The standard InChI is InChI=1S/C15H14Cl3NOS/c1-3-8-5-6-11(16)9(4-2)13(8)19-15(20)10-7-12(17)21-14(10)18/h5-7H,3-4H2,1-2H3,(H,19,20). The lowest BCUT2D eigenvalue weighted by Crippen LogP contribution is -2.14. The van der Waals surface area contributed by atoms with Crippen LogP contribution in [0.5, 0.6) is 0 Å². The molecule has 0 aliphatic carbocycles. The van der Waals surface area contributed by atoms with Crippen LogP contribution >= 0.6 is 46.1 Å². The van der Waals surface area contributed by atoms with Gasteiger partial charge in [-0.15, -0.1) is 11.3 Å². The van der Waals surface area contributed by atoms with Crippen LogP contribution in [0, 0.1) is 0 Å². The topological polar surface area (TPSA) is 29.1 Å². The second kappa shape index (κ2) is 7.01. The average molecular weight is 363 g/mol. The van der Waals surface area contributed by atoms with Gasteiger partial charge in [0.2, 0.25) is 0 Å². The van der Waals surface area contributed by atoms with E-state index in [9.17, 15) is 4.79 Å². The van der Waals surface area contributed by atoms with Gasteiger partial charge in [-0.05, 0) is 36.1 Å². The van der Waals surface area contributed by atoms with Crippen LogP contribution in [0.15, 0.2) is 18.2 Å². The predicted octanol–water partition coefficient (Wildman–Crippen LogP) is 6.09. The third-order valence-corrected chi connectivity index (χ3v) is 5.06. The van der Waals surface area contributed by atoms with Crippen LogP contribution in [-0.2, 0) is 12.8 Å². The lowest BCUT2D eigenvalue weighted by molar-refractivity contribution is 0.102. The quantitative estimate of drug-likeness (QED) is 0.701. The highest BCUT2D eigenvalue weighted by molar-refractivity contribution is 7.20. The Hall–Kier alpha value is -0.740. The highest BCUT2D eigenvalue weighted by Crippen LogP contribution is 2.34. The first-order chi connectivity index (χ1) is 9.97. The van der Waals surface area contributed by atoms with Crippen LogP contribution < -0.4 is 5.32 Å². The van der Waals surface area contributed by atoms with Crippen LogP contribution in [0.1, 0.15) is 35.3 Å². The van der Waals surface area contributed by atoms with Crippen molar-refractivity contribution in [3.8, 4) is 0 Å². The Bertz CT molecular complexity index is 682. The lowest BCUT2D eigenvalue weighted by atomic mass is 10.0. The van der Waals surface area contributed by atoms with Crippen molar-refractivity contribution >= 4 is 57.7 Å². The molecule has 2 aromatic rings. The van der Waals surface area contributed by atoms with E-state index in [4.69, 9.17) is 34.8 Å². The SMILES string of the molecule is CCc1ccc(Cl)c(CC)c1NC(=O)c1cc(Cl)sc1Cl. The lowest BCUT2D eigenvalue weighted by Gasteiger charge is -2.15. The summed E-state index contributed by atoms with van der Waals surface area (Å²) in [5.41, 5.74) is 3.13. The highest BCUT2D eigenvalue weighted by Gasteiger charge is 2.18. The number of aryl methyl sites for hydroxylation is 1. The molecule has 1 heterocycles. The Morgan fingerprint density at radius 2 is 1.90 bits per heavy atom. The third kappa shape index (κ3) is 3.54. The molecular formula is C15H14Cl3NOS. The largest absolute Gasteiger partial charge is 0.321 e. The maximum atomic E-state index is 12.4. The van der Waals surface area contributed by atoms with E-state index in [1.54, 1.807) is 6.07 Å². The van der Waals surface area contributed by atoms with Crippen LogP contribution in [0.2, 0.25) is 13.7 Å². The summed E-state index contributed by atoms with van der Waals surface area (Å²) >= 11 is 19.3. The van der Waals surface area contributed by atoms with Gasteiger partial charge in [-0.3, -0.25) is 4.79 Å². The predicted molar refractivity (Wildman–Crippen MR) is 92.5 cm³/mol. The summed E-state index contributed by atoms with van der Waals surface area (Å²) in [5, 5.41) is 3.58. The maximum Gasteiger partial charge on any atom is 0.258 e. The molecule has 112 valence electrons. The van der Waals surface area contributed by atoms with Crippen molar-refractivity contribution in [3.05, 3.63) is 48.6 Å². The molecular weight excluding hydrogens is 349 g/mol. The van der Waals surface area contributed by atoms with E-state index in [2.05, 4.69) is 5.32 Å². The summed E-state index contributed by atoms with van der Waals surface area (Å²) in [6.07, 6.45) is 1.54. The molecule has 0 bridgehead atoms. The first-order valence-corrected chi connectivity index (χ1v) is 8.49. The van der Waals surface area contributed by atoms with Crippen molar-refractivity contribution in [2.45, 2.75) is 26.7 Å². The molecule has 2 nitrogen and oxygen atoms in total. The van der Waals surface area contributed by atoms with E-state index in [-0.39, 0.29) is 5.91 Å². The second-order valence-electron chi connectivity index (χ2n) is 4.46. The van der Waals surface area contributed by atoms with E-state index in [0.29, 0.717) is 19.3 Å². The van der Waals surface area contributed by atoms with E-state index < -0.39 is 0 Å². The molecule has 0 saturated heterocycles. The van der Waals surface area contributed by atoms with Gasteiger partial charge in [-0.25, -0.2) is 0 Å². The maximum absolute atomic E-state index is 12.4. The molecule has 0 aliphatic heterocycles. The summed E-state index contributed by atoms with van der Waals surface area (Å²) in [6, 6.07) is 5.37. The first-order valence-electron chi connectivity index (χ1n) is 6.54. The van der Waals surface area contributed by atoms with Crippen molar-refractivity contribution in [3.63, 3.8) is 0 Å². The Balaban J connectivity index is 2.41. The van der Waals surface area contributed by atoms with Crippen molar-refractivity contribution in [1.82, 2.24) is 0 Å². The number of hydrogen-bond acceptors (Lipinski definition) is 2. The van der Waals surface area contributed by atoms with Gasteiger partial charge in [-0.1, -0.05) is 54.7 Å². The molecule has 2 rings (SSSR count). The van der Waals surface area contributed by atoms with Gasteiger partial charge < -0.3 is 5.32 Å². The van der Waals surface area contributed by atoms with Gasteiger partial charge in [0.1, 0.15) is 4.34 Å². The van der Waals surface area contributed by atoms with Crippen molar-refractivity contribution < 1.29 is 4.79 Å². The summed E-state index contributed by atoms with van der Waals surface area (Å²) < 4.78 is 0.873. The smallest absolute Gasteiger partial charge is 0.258 e. The minimum atomic E-state index is -0.269. The fraction of sp³-hybridized carbons (Fsp3) is 0.267. The number of amides is 1. The molecule has 0 saturated carbocycles. The molecule has 6 heteroatoms. The molecule has 21 heavy (non-hydrogen) atoms. The van der Waals surface area contributed by atoms with Gasteiger partial charge >= 0.3 is 0 Å². The van der Waals surface area contributed by atoms with Crippen LogP contribution in [0.4, 0.5) is 5.69 Å². The Kier molecular flexibility index (Phi) is 5.55. The Morgan fingerprint density at radius 1 is 1.19 bits per heavy atom. The van der Waals surface area contributed by atoms with E-state index in [1.165, 1.54) is 11.3 Å². The summed E-state index contributed by atoms with van der Waals surface area (Å²) in [5.74, 6) is -0.269. The molecule has 1 aromatic heterocycles. The first kappa shape index (κ1) is 16.6. The summed E-state index contributed by atoms with van der Waals surface area (Å²) in [7, 11) is 0. The van der Waals surface area contributed by atoms with Crippen molar-refractivity contribution in [1.29, 1.82) is 0 Å². The summed E-state index contributed by atoms with van der Waals surface area (Å²) in [6.45, 7) is 4.04. The van der Waals surface area contributed by atoms with Crippen molar-refractivity contribution in [2.75, 3.05) is 5.32 Å². The van der Waals surface area contributed by atoms with E-state index in [1.807, 2.05) is 26.0 Å². The number of benzene rings is 1. The van der Waals surface area contributed by atoms with Crippen LogP contribution in [-0.4, -0.2) is 5.91 Å². The molecule has 0 aliphatic rings. The average Bonchev–Trinajstić information content (AvgIpc) is 2.78. The molecule has 1 amide bonds. The van der Waals surface area contributed by atoms with Gasteiger partial charge in [0.25, 0.3) is 5.91 Å². The summed E-state index contributed by atoms with van der Waals surface area (Å²) in [4.78, 5) is 12.4. The van der Waals surface area contributed by atoms with Gasteiger partial charge in [0.05, 0.1) is 9.90 Å². The second-order valence-corrected chi connectivity index (χ2v) is 7.15. The minimum absolute atomic E-state index is 0.269. The van der Waals surface area contributed by atoms with Gasteiger partial charge in [0.15, 0.2) is 0 Å². The number of halogens is 3. The molecule has 0 fully saturated rings. The zero-order chi connectivity index (χ0) is 15.6. The number of carbonyl (C=O) groups is 1. The molecule has 0 spiro atoms. The van der Waals surface area contributed by atoms with E-state index in [0.717, 1.165) is 29.7 Å². The number of rotatable bonds is 4.